The molecule has 0 radical (unpaired) electrons. The average Bonchev–Trinajstić information content (AvgIpc) is 3.21. The second kappa shape index (κ2) is 9.06. The molecule has 0 spiro atoms. The van der Waals surface area contributed by atoms with Crippen LogP contribution in [0.15, 0.2) is 29.2 Å². The lowest BCUT2D eigenvalue weighted by Crippen LogP contribution is -2.57. The van der Waals surface area contributed by atoms with Crippen molar-refractivity contribution in [3.05, 3.63) is 51.9 Å². The number of rotatable bonds is 5. The van der Waals surface area contributed by atoms with Crippen LogP contribution in [0.4, 0.5) is 14.5 Å². The second-order valence-corrected chi connectivity index (χ2v) is 8.87. The van der Waals surface area contributed by atoms with Gasteiger partial charge >= 0.3 is 0 Å². The molecule has 1 unspecified atom stereocenters. The van der Waals surface area contributed by atoms with Gasteiger partial charge in [0.2, 0.25) is 0 Å². The molecule has 3 atom stereocenters. The van der Waals surface area contributed by atoms with E-state index < -0.39 is 17.7 Å². The number of nitrogens with zero attached hydrogens (tertiary/aromatic N) is 6. The van der Waals surface area contributed by atoms with Crippen LogP contribution in [-0.4, -0.2) is 51.5 Å². The number of fused-ring (bicyclic) bond motifs is 1. The SMILES string of the molecule is COc1cc(F)c(C(C)N2C[C@H](C)N(c3cc(=O)n(C)c4cn(CC#N)nc34)C[C@H]2C)c(F)c1. The first-order valence-corrected chi connectivity index (χ1v) is 11.2. The molecule has 1 aromatic carbocycles. The Morgan fingerprint density at radius 2 is 1.88 bits per heavy atom. The van der Waals surface area contributed by atoms with Gasteiger partial charge in [-0.2, -0.15) is 10.4 Å². The highest BCUT2D eigenvalue weighted by atomic mass is 19.1. The van der Waals surface area contributed by atoms with Crippen molar-refractivity contribution in [1.29, 1.82) is 5.26 Å². The van der Waals surface area contributed by atoms with Crippen LogP contribution in [-0.2, 0) is 13.6 Å². The standard InChI is InChI=1S/C24H28F2N6O2/c1-14-12-32(20-10-22(33)29(4)21-13-30(7-6-27)28-24(20)21)15(2)11-31(14)16(3)23-18(25)8-17(34-5)9-19(23)26/h8-10,13-16H,7,11-12H2,1-5H3/t14-,15+,16?/m1/s1. The highest BCUT2D eigenvalue weighted by Gasteiger charge is 2.35. The van der Waals surface area contributed by atoms with Crippen molar-refractivity contribution in [2.75, 3.05) is 25.1 Å². The zero-order chi connectivity index (χ0) is 24.7. The van der Waals surface area contributed by atoms with Crippen molar-refractivity contribution in [3.63, 3.8) is 0 Å². The van der Waals surface area contributed by atoms with Gasteiger partial charge < -0.3 is 14.2 Å². The molecular formula is C24H28F2N6O2. The molecule has 1 aliphatic heterocycles. The number of methoxy groups -OCH3 is 1. The van der Waals surface area contributed by atoms with E-state index in [2.05, 4.69) is 21.0 Å². The fourth-order valence-corrected chi connectivity index (χ4v) is 4.88. The zero-order valence-corrected chi connectivity index (χ0v) is 19.9. The number of pyridine rings is 1. The predicted octanol–water partition coefficient (Wildman–Crippen LogP) is 3.21. The van der Waals surface area contributed by atoms with Crippen LogP contribution < -0.4 is 15.2 Å². The molecule has 8 nitrogen and oxygen atoms in total. The lowest BCUT2D eigenvalue weighted by atomic mass is 9.99. The van der Waals surface area contributed by atoms with Gasteiger partial charge in [-0.1, -0.05) is 0 Å². The molecule has 0 saturated carbocycles. The maximum absolute atomic E-state index is 14.8. The Labute approximate surface area is 196 Å². The molecule has 180 valence electrons. The summed E-state index contributed by atoms with van der Waals surface area (Å²) in [4.78, 5) is 16.9. The first-order chi connectivity index (χ1) is 16.2. The van der Waals surface area contributed by atoms with Crippen LogP contribution in [0.25, 0.3) is 11.0 Å². The lowest BCUT2D eigenvalue weighted by molar-refractivity contribution is 0.115. The van der Waals surface area contributed by atoms with Crippen molar-refractivity contribution >= 4 is 16.7 Å². The summed E-state index contributed by atoms with van der Waals surface area (Å²) in [6.45, 7) is 6.97. The molecule has 4 rings (SSSR count). The van der Waals surface area contributed by atoms with Crippen LogP contribution in [0.2, 0.25) is 0 Å². The summed E-state index contributed by atoms with van der Waals surface area (Å²) in [5.74, 6) is -1.13. The molecular weight excluding hydrogens is 442 g/mol. The smallest absolute Gasteiger partial charge is 0.252 e. The van der Waals surface area contributed by atoms with E-state index in [0.717, 1.165) is 0 Å². The van der Waals surface area contributed by atoms with E-state index in [1.807, 2.05) is 13.8 Å². The normalized spacial score (nSPS) is 19.9. The number of hydrogen-bond donors (Lipinski definition) is 0. The molecule has 1 fully saturated rings. The van der Waals surface area contributed by atoms with Crippen molar-refractivity contribution in [1.82, 2.24) is 19.2 Å². The molecule has 3 heterocycles. The molecule has 1 saturated heterocycles. The van der Waals surface area contributed by atoms with Crippen LogP contribution in [0.1, 0.15) is 32.4 Å². The van der Waals surface area contributed by atoms with Crippen molar-refractivity contribution in [2.45, 2.75) is 45.4 Å². The van der Waals surface area contributed by atoms with Gasteiger partial charge in [-0.15, -0.1) is 0 Å². The number of benzene rings is 1. The number of aryl methyl sites for hydroxylation is 1. The predicted molar refractivity (Wildman–Crippen MR) is 125 cm³/mol. The fourth-order valence-electron chi connectivity index (χ4n) is 4.88. The largest absolute Gasteiger partial charge is 0.497 e. The first-order valence-electron chi connectivity index (χ1n) is 11.2. The molecule has 0 N–H and O–H groups in total. The number of nitriles is 1. The van der Waals surface area contributed by atoms with Gasteiger partial charge in [0.1, 0.15) is 29.4 Å². The molecule has 0 amide bonds. The zero-order valence-electron chi connectivity index (χ0n) is 19.9. The minimum Gasteiger partial charge on any atom is -0.497 e. The number of ether oxygens (including phenoxy) is 1. The second-order valence-electron chi connectivity index (χ2n) is 8.87. The Morgan fingerprint density at radius 1 is 1.21 bits per heavy atom. The van der Waals surface area contributed by atoms with Crippen LogP contribution >= 0.6 is 0 Å². The third kappa shape index (κ3) is 4.01. The van der Waals surface area contributed by atoms with E-state index in [0.29, 0.717) is 29.8 Å². The lowest BCUT2D eigenvalue weighted by Gasteiger charge is -2.47. The molecule has 34 heavy (non-hydrogen) atoms. The van der Waals surface area contributed by atoms with E-state index in [1.54, 1.807) is 26.2 Å². The molecule has 3 aromatic rings. The van der Waals surface area contributed by atoms with E-state index >= 15 is 0 Å². The minimum atomic E-state index is -0.636. The molecule has 0 bridgehead atoms. The third-order valence-corrected chi connectivity index (χ3v) is 6.72. The van der Waals surface area contributed by atoms with Gasteiger partial charge in [-0.3, -0.25) is 14.4 Å². The summed E-state index contributed by atoms with van der Waals surface area (Å²) >= 11 is 0. The van der Waals surface area contributed by atoms with Gasteiger partial charge in [0.15, 0.2) is 0 Å². The summed E-state index contributed by atoms with van der Waals surface area (Å²) in [6, 6.07) is 5.42. The van der Waals surface area contributed by atoms with Gasteiger partial charge in [0.25, 0.3) is 5.56 Å². The van der Waals surface area contributed by atoms with Gasteiger partial charge in [0.05, 0.1) is 30.6 Å². The quantitative estimate of drug-likeness (QED) is 0.570. The van der Waals surface area contributed by atoms with Crippen molar-refractivity contribution in [3.8, 4) is 11.8 Å². The van der Waals surface area contributed by atoms with E-state index in [1.165, 1.54) is 28.5 Å². The van der Waals surface area contributed by atoms with Crippen LogP contribution in [0, 0.1) is 23.0 Å². The molecule has 10 heteroatoms. The van der Waals surface area contributed by atoms with Gasteiger partial charge in [-0.05, 0) is 20.8 Å². The Bertz CT molecular complexity index is 1300. The van der Waals surface area contributed by atoms with Crippen LogP contribution in [0.3, 0.4) is 0 Å². The van der Waals surface area contributed by atoms with Crippen molar-refractivity contribution < 1.29 is 13.5 Å². The summed E-state index contributed by atoms with van der Waals surface area (Å²) in [5, 5.41) is 13.6. The Hall–Kier alpha value is -3.45. The van der Waals surface area contributed by atoms with E-state index in [9.17, 15) is 13.6 Å². The topological polar surface area (TPSA) is 79.3 Å². The van der Waals surface area contributed by atoms with E-state index in [4.69, 9.17) is 10.00 Å². The highest BCUT2D eigenvalue weighted by molar-refractivity contribution is 5.88. The van der Waals surface area contributed by atoms with E-state index in [-0.39, 0.29) is 35.5 Å². The average molecular weight is 471 g/mol. The first kappa shape index (κ1) is 23.7. The Kier molecular flexibility index (Phi) is 6.32. The summed E-state index contributed by atoms with van der Waals surface area (Å²) in [7, 11) is 3.05. The number of hydrogen-bond acceptors (Lipinski definition) is 6. The van der Waals surface area contributed by atoms with Gasteiger partial charge in [-0.25, -0.2) is 8.78 Å². The summed E-state index contributed by atoms with van der Waals surface area (Å²) < 4.78 is 37.5. The molecule has 2 aromatic heterocycles. The highest BCUT2D eigenvalue weighted by Crippen LogP contribution is 2.35. The molecule has 0 aliphatic carbocycles. The fraction of sp³-hybridized carbons (Fsp3) is 0.458. The number of aromatic nitrogens is 3. The van der Waals surface area contributed by atoms with Crippen LogP contribution in [0.5, 0.6) is 5.75 Å². The van der Waals surface area contributed by atoms with Crippen molar-refractivity contribution in [2.24, 2.45) is 7.05 Å². The van der Waals surface area contributed by atoms with Gasteiger partial charge in [0, 0.05) is 62.0 Å². The Balaban J connectivity index is 1.67. The molecule has 1 aliphatic rings. The summed E-state index contributed by atoms with van der Waals surface area (Å²) in [6.07, 6.45) is 1.70. The minimum absolute atomic E-state index is 0.0134. The summed E-state index contributed by atoms with van der Waals surface area (Å²) in [5.41, 5.74) is 1.83. The number of piperazine rings is 1. The maximum atomic E-state index is 14.8. The monoisotopic (exact) mass is 470 g/mol. The Morgan fingerprint density at radius 3 is 2.50 bits per heavy atom. The number of anilines is 1. The maximum Gasteiger partial charge on any atom is 0.252 e. The number of halogens is 2. The third-order valence-electron chi connectivity index (χ3n) is 6.72.